The molecule has 1 aromatic rings. The summed E-state index contributed by atoms with van der Waals surface area (Å²) >= 11 is 0. The molecule has 1 aliphatic carbocycles. The van der Waals surface area contributed by atoms with Gasteiger partial charge in [0, 0.05) is 19.7 Å². The molecule has 0 unspecified atom stereocenters. The molecule has 1 aromatic carbocycles. The molecule has 4 heteroatoms. The molecule has 0 aromatic heterocycles. The van der Waals surface area contributed by atoms with Crippen LogP contribution in [0.2, 0.25) is 0 Å². The van der Waals surface area contributed by atoms with E-state index in [2.05, 4.69) is 4.90 Å². The number of para-hydroxylation sites is 1. The Hall–Kier alpha value is -1.13. The van der Waals surface area contributed by atoms with Gasteiger partial charge in [-0.05, 0) is 37.4 Å². The summed E-state index contributed by atoms with van der Waals surface area (Å²) in [6, 6.07) is 4.94. The maximum absolute atomic E-state index is 13.3. The van der Waals surface area contributed by atoms with Crippen LogP contribution in [0.4, 0.5) is 10.1 Å². The normalized spacial score (nSPS) is 15.3. The quantitative estimate of drug-likeness (QED) is 0.597. The molecule has 2 rings (SSSR count). The predicted molar refractivity (Wildman–Crippen MR) is 70.7 cm³/mol. The van der Waals surface area contributed by atoms with Gasteiger partial charge < -0.3 is 10.5 Å². The van der Waals surface area contributed by atoms with Gasteiger partial charge in [0.15, 0.2) is 0 Å². The van der Waals surface area contributed by atoms with E-state index in [1.54, 1.807) is 6.07 Å². The number of nitrogen functional groups attached to an aromatic ring is 1. The summed E-state index contributed by atoms with van der Waals surface area (Å²) in [7, 11) is 1.99. The second-order valence-electron chi connectivity index (χ2n) is 5.07. The van der Waals surface area contributed by atoms with Crippen molar-refractivity contribution in [3.63, 3.8) is 0 Å². The van der Waals surface area contributed by atoms with Crippen LogP contribution in [0.25, 0.3) is 0 Å². The first-order chi connectivity index (χ1) is 8.66. The van der Waals surface area contributed by atoms with E-state index in [1.807, 2.05) is 13.1 Å². The number of ether oxygens (including phenoxy) is 1. The molecule has 0 amide bonds. The van der Waals surface area contributed by atoms with Gasteiger partial charge in [-0.3, -0.25) is 4.90 Å². The largest absolute Gasteiger partial charge is 0.396 e. The Bertz CT molecular complexity index is 393. The van der Waals surface area contributed by atoms with Crippen molar-refractivity contribution < 1.29 is 9.13 Å². The number of hydrogen-bond acceptors (Lipinski definition) is 3. The van der Waals surface area contributed by atoms with Crippen molar-refractivity contribution in [2.45, 2.75) is 19.4 Å². The lowest BCUT2D eigenvalue weighted by Crippen LogP contribution is -2.23. The molecule has 3 nitrogen and oxygen atoms in total. The standard InChI is InChI=1S/C14H21FN2O/c1-17(7-8-18-10-11-5-6-11)9-12-3-2-4-13(15)14(12)16/h2-4,11H,5-10,16H2,1H3. The fourth-order valence-corrected chi connectivity index (χ4v) is 1.84. The number of likely N-dealkylation sites (N-methyl/N-ethyl adjacent to an activating group) is 1. The number of benzene rings is 1. The van der Waals surface area contributed by atoms with Gasteiger partial charge in [0.25, 0.3) is 0 Å². The number of halogens is 1. The van der Waals surface area contributed by atoms with Gasteiger partial charge in [-0.15, -0.1) is 0 Å². The minimum atomic E-state index is -0.342. The lowest BCUT2D eigenvalue weighted by molar-refractivity contribution is 0.102. The summed E-state index contributed by atoms with van der Waals surface area (Å²) in [5.74, 6) is 0.458. The Morgan fingerprint density at radius 2 is 2.22 bits per heavy atom. The zero-order valence-corrected chi connectivity index (χ0v) is 10.9. The summed E-state index contributed by atoms with van der Waals surface area (Å²) in [5, 5.41) is 0. The van der Waals surface area contributed by atoms with Gasteiger partial charge >= 0.3 is 0 Å². The molecule has 18 heavy (non-hydrogen) atoms. The first kappa shape index (κ1) is 13.3. The van der Waals surface area contributed by atoms with E-state index in [4.69, 9.17) is 10.5 Å². The Labute approximate surface area is 108 Å². The first-order valence-corrected chi connectivity index (χ1v) is 6.46. The summed E-state index contributed by atoms with van der Waals surface area (Å²) in [5.41, 5.74) is 6.79. The van der Waals surface area contributed by atoms with Crippen molar-refractivity contribution in [3.05, 3.63) is 29.6 Å². The van der Waals surface area contributed by atoms with Gasteiger partial charge in [0.1, 0.15) is 5.82 Å². The van der Waals surface area contributed by atoms with E-state index in [0.29, 0.717) is 6.54 Å². The van der Waals surface area contributed by atoms with E-state index in [1.165, 1.54) is 18.9 Å². The molecule has 1 fully saturated rings. The fourth-order valence-electron chi connectivity index (χ4n) is 1.84. The van der Waals surface area contributed by atoms with Crippen LogP contribution in [0, 0.1) is 11.7 Å². The van der Waals surface area contributed by atoms with Gasteiger partial charge in [-0.2, -0.15) is 0 Å². The van der Waals surface area contributed by atoms with Crippen LogP contribution in [-0.4, -0.2) is 31.7 Å². The molecule has 0 radical (unpaired) electrons. The maximum atomic E-state index is 13.3. The zero-order chi connectivity index (χ0) is 13.0. The number of hydrogen-bond donors (Lipinski definition) is 1. The summed E-state index contributed by atoms with van der Waals surface area (Å²) in [4.78, 5) is 2.10. The van der Waals surface area contributed by atoms with E-state index in [0.717, 1.165) is 31.2 Å². The maximum Gasteiger partial charge on any atom is 0.146 e. The highest BCUT2D eigenvalue weighted by molar-refractivity contribution is 5.47. The van der Waals surface area contributed by atoms with Crippen LogP contribution in [-0.2, 0) is 11.3 Å². The highest BCUT2D eigenvalue weighted by Gasteiger charge is 2.20. The highest BCUT2D eigenvalue weighted by atomic mass is 19.1. The molecule has 2 N–H and O–H groups in total. The van der Waals surface area contributed by atoms with Crippen molar-refractivity contribution in [1.29, 1.82) is 0 Å². The lowest BCUT2D eigenvalue weighted by atomic mass is 10.1. The van der Waals surface area contributed by atoms with Crippen molar-refractivity contribution in [3.8, 4) is 0 Å². The minimum absolute atomic E-state index is 0.253. The number of nitrogens with zero attached hydrogens (tertiary/aromatic N) is 1. The summed E-state index contributed by atoms with van der Waals surface area (Å²) < 4.78 is 18.8. The molecular weight excluding hydrogens is 231 g/mol. The average Bonchev–Trinajstić information content (AvgIpc) is 3.15. The summed E-state index contributed by atoms with van der Waals surface area (Å²) in [6.45, 7) is 3.09. The smallest absolute Gasteiger partial charge is 0.146 e. The van der Waals surface area contributed by atoms with Crippen LogP contribution in [0.15, 0.2) is 18.2 Å². The Balaban J connectivity index is 1.71. The second kappa shape index (κ2) is 6.16. The molecule has 100 valence electrons. The highest BCUT2D eigenvalue weighted by Crippen LogP contribution is 2.28. The number of anilines is 1. The molecule has 1 aliphatic rings. The zero-order valence-electron chi connectivity index (χ0n) is 10.9. The molecule has 0 aliphatic heterocycles. The van der Waals surface area contributed by atoms with E-state index in [-0.39, 0.29) is 11.5 Å². The lowest BCUT2D eigenvalue weighted by Gasteiger charge is -2.18. The van der Waals surface area contributed by atoms with Crippen LogP contribution in [0.5, 0.6) is 0 Å². The van der Waals surface area contributed by atoms with Crippen molar-refractivity contribution in [2.75, 3.05) is 32.5 Å². The van der Waals surface area contributed by atoms with Crippen molar-refractivity contribution >= 4 is 5.69 Å². The molecule has 0 saturated heterocycles. The predicted octanol–water partition coefficient (Wildman–Crippen LogP) is 2.27. The number of nitrogens with two attached hydrogens (primary N) is 1. The molecular formula is C14H21FN2O. The topological polar surface area (TPSA) is 38.5 Å². The van der Waals surface area contributed by atoms with Crippen LogP contribution >= 0.6 is 0 Å². The van der Waals surface area contributed by atoms with E-state index < -0.39 is 0 Å². The molecule has 1 saturated carbocycles. The SMILES string of the molecule is CN(CCOCC1CC1)Cc1cccc(F)c1N. The molecule has 0 bridgehead atoms. The van der Waals surface area contributed by atoms with Crippen LogP contribution in [0.1, 0.15) is 18.4 Å². The van der Waals surface area contributed by atoms with Gasteiger partial charge in [-0.25, -0.2) is 4.39 Å². The Morgan fingerprint density at radius 3 is 2.94 bits per heavy atom. The average molecular weight is 252 g/mol. The third kappa shape index (κ3) is 3.96. The van der Waals surface area contributed by atoms with Gasteiger partial charge in [0.2, 0.25) is 0 Å². The van der Waals surface area contributed by atoms with Gasteiger partial charge in [0.05, 0.1) is 12.3 Å². The fraction of sp³-hybridized carbons (Fsp3) is 0.571. The molecule has 0 atom stereocenters. The Kier molecular flexibility index (Phi) is 4.55. The number of rotatable bonds is 7. The first-order valence-electron chi connectivity index (χ1n) is 6.46. The van der Waals surface area contributed by atoms with Crippen molar-refractivity contribution in [2.24, 2.45) is 5.92 Å². The molecule has 0 heterocycles. The van der Waals surface area contributed by atoms with Crippen LogP contribution < -0.4 is 5.73 Å². The van der Waals surface area contributed by atoms with Crippen molar-refractivity contribution in [1.82, 2.24) is 4.90 Å². The third-order valence-corrected chi connectivity index (χ3v) is 3.25. The van der Waals surface area contributed by atoms with Gasteiger partial charge in [-0.1, -0.05) is 12.1 Å². The van der Waals surface area contributed by atoms with E-state index >= 15 is 0 Å². The Morgan fingerprint density at radius 1 is 1.44 bits per heavy atom. The monoisotopic (exact) mass is 252 g/mol. The third-order valence-electron chi connectivity index (χ3n) is 3.25. The van der Waals surface area contributed by atoms with E-state index in [9.17, 15) is 4.39 Å². The molecule has 0 spiro atoms. The summed E-state index contributed by atoms with van der Waals surface area (Å²) in [6.07, 6.45) is 2.63. The minimum Gasteiger partial charge on any atom is -0.396 e. The second-order valence-corrected chi connectivity index (χ2v) is 5.07. The van der Waals surface area contributed by atoms with Crippen LogP contribution in [0.3, 0.4) is 0 Å².